The molecule has 2 aliphatic rings. The predicted molar refractivity (Wildman–Crippen MR) is 189 cm³/mol. The minimum absolute atomic E-state index is 0.102. The van der Waals surface area contributed by atoms with Crippen LogP contribution in [0.1, 0.15) is 24.0 Å². The van der Waals surface area contributed by atoms with Crippen LogP contribution in [0.15, 0.2) is 137 Å². The third kappa shape index (κ3) is 8.10. The summed E-state index contributed by atoms with van der Waals surface area (Å²) in [5.74, 6) is 2.28. The lowest BCUT2D eigenvalue weighted by atomic mass is 9.96. The second-order valence-electron chi connectivity index (χ2n) is 10.9. The van der Waals surface area contributed by atoms with Gasteiger partial charge in [0.25, 0.3) is 5.70 Å². The lowest BCUT2D eigenvalue weighted by molar-refractivity contribution is 0.188. The van der Waals surface area contributed by atoms with E-state index >= 15 is 0 Å². The first-order chi connectivity index (χ1) is 23.5. The van der Waals surface area contributed by atoms with Crippen LogP contribution in [-0.4, -0.2) is 48.9 Å². The Morgan fingerprint density at radius 3 is 1.98 bits per heavy atom. The normalized spacial score (nSPS) is 16.4. The van der Waals surface area contributed by atoms with E-state index in [0.717, 1.165) is 55.9 Å². The van der Waals surface area contributed by atoms with Gasteiger partial charge in [-0.1, -0.05) is 85.0 Å². The molecule has 0 amide bonds. The molecule has 0 unspecified atom stereocenters. The molecule has 1 aliphatic heterocycles. The van der Waals surface area contributed by atoms with Crippen LogP contribution in [-0.2, 0) is 0 Å². The Morgan fingerprint density at radius 1 is 0.812 bits per heavy atom. The number of benzene rings is 2. The first kappa shape index (κ1) is 34.2. The molecule has 0 bridgehead atoms. The topological polar surface area (TPSA) is 91.0 Å². The van der Waals surface area contributed by atoms with Gasteiger partial charge in [-0.05, 0) is 60.2 Å². The smallest absolute Gasteiger partial charge is 0.369 e. The van der Waals surface area contributed by atoms with Crippen LogP contribution in [0.3, 0.4) is 0 Å². The Labute approximate surface area is 282 Å². The Balaban J connectivity index is 1.74. The fraction of sp³-hybridized carbons (Fsp3) is 0.175. The van der Waals surface area contributed by atoms with Crippen LogP contribution in [0, 0.1) is 47.8 Å². The van der Waals surface area contributed by atoms with E-state index in [0.29, 0.717) is 27.8 Å². The van der Waals surface area contributed by atoms with Gasteiger partial charge >= 0.3 is 5.82 Å². The Morgan fingerprint density at radius 2 is 1.44 bits per heavy atom. The number of hydrogen-bond acceptors (Lipinski definition) is 5. The number of rotatable bonds is 9. The van der Waals surface area contributed by atoms with Gasteiger partial charge in [0.2, 0.25) is 0 Å². The molecule has 0 saturated carbocycles. The summed E-state index contributed by atoms with van der Waals surface area (Å²) >= 11 is 0. The third-order valence-electron chi connectivity index (χ3n) is 8.02. The van der Waals surface area contributed by atoms with Crippen molar-refractivity contribution in [3.05, 3.63) is 182 Å². The highest BCUT2D eigenvalue weighted by molar-refractivity contribution is 5.94. The zero-order valence-electron chi connectivity index (χ0n) is 26.6. The summed E-state index contributed by atoms with van der Waals surface area (Å²) in [5, 5.41) is 27.7. The molecule has 8 nitrogen and oxygen atoms in total. The van der Waals surface area contributed by atoms with Gasteiger partial charge in [0.05, 0.1) is 29.9 Å². The Kier molecular flexibility index (Phi) is 12.2. The van der Waals surface area contributed by atoms with Crippen LogP contribution in [0.4, 0.5) is 0 Å². The van der Waals surface area contributed by atoms with Crippen LogP contribution < -0.4 is 0 Å². The first-order valence-electron chi connectivity index (χ1n) is 15.2. The maximum atomic E-state index is 10.1. The summed E-state index contributed by atoms with van der Waals surface area (Å²) in [7, 11) is 2.11. The number of nitrogens with zero attached hydrogens (tertiary/aromatic N) is 7. The highest BCUT2D eigenvalue weighted by Gasteiger charge is 2.26. The number of nitriles is 2. The summed E-state index contributed by atoms with van der Waals surface area (Å²) in [4.78, 5) is 14.9. The van der Waals surface area contributed by atoms with E-state index in [1.54, 1.807) is 36.4 Å². The highest BCUT2D eigenvalue weighted by Crippen LogP contribution is 2.36. The van der Waals surface area contributed by atoms with Crippen LogP contribution in [0.25, 0.3) is 25.7 Å². The number of likely N-dealkylation sites (N-methyl/N-ethyl adjacent to an activating group) is 1. The van der Waals surface area contributed by atoms with E-state index in [2.05, 4.69) is 43.3 Å². The van der Waals surface area contributed by atoms with Gasteiger partial charge in [-0.25, -0.2) is 10.1 Å². The number of allylic oxidation sites excluding steroid dienone is 13. The van der Waals surface area contributed by atoms with Crippen molar-refractivity contribution in [2.75, 3.05) is 33.2 Å². The van der Waals surface area contributed by atoms with Gasteiger partial charge in [0, 0.05) is 43.0 Å². The maximum absolute atomic E-state index is 10.1. The molecule has 8 heteroatoms. The first-order valence-corrected chi connectivity index (χ1v) is 15.2. The van der Waals surface area contributed by atoms with Crippen molar-refractivity contribution in [1.82, 2.24) is 9.80 Å². The van der Waals surface area contributed by atoms with E-state index < -0.39 is 0 Å². The van der Waals surface area contributed by atoms with Crippen molar-refractivity contribution >= 4 is 17.0 Å². The molecule has 0 aromatic heterocycles. The van der Waals surface area contributed by atoms with Crippen molar-refractivity contribution in [2.24, 2.45) is 0 Å². The number of hydrogen-bond donors (Lipinski definition) is 1. The average Bonchev–Trinajstić information content (AvgIpc) is 3.53. The van der Waals surface area contributed by atoms with Crippen molar-refractivity contribution in [3.8, 4) is 12.1 Å². The molecule has 0 radical (unpaired) electrons. The molecule has 2 aromatic carbocycles. The van der Waals surface area contributed by atoms with Crippen LogP contribution >= 0.6 is 0 Å². The molecule has 1 saturated heterocycles. The monoisotopic (exact) mass is 624 g/mol. The molecule has 1 heterocycles. The Bertz CT molecular complexity index is 1990. The zero-order valence-corrected chi connectivity index (χ0v) is 26.6. The molecular formula is C40H32N8. The molecule has 48 heavy (non-hydrogen) atoms. The lowest BCUT2D eigenvalue weighted by Crippen LogP contribution is -2.44. The lowest BCUT2D eigenvalue weighted by Gasteiger charge is -2.36. The van der Waals surface area contributed by atoms with E-state index in [-0.39, 0.29) is 17.1 Å². The molecular weight excluding hydrogens is 592 g/mol. The molecule has 0 spiro atoms. The van der Waals surface area contributed by atoms with Gasteiger partial charge in [0.1, 0.15) is 13.1 Å². The number of nitrogens with one attached hydrogen (secondary N) is 1. The molecule has 232 valence electrons. The standard InChI is InChI=1S/C40H32N8/c1-44-36(29-43)37(30-13-7-5-8-14-30)34(27-41)19-11-17-32-21-22-33(39(32)48-25-23-47(4)24-26-48)18-12-20-35(28-42)38(40(45-2)46-3)31-15-9-6-10-16-31/h5-20,41H,21-26H2,4H3/b18-12+,19-11+,32-17?,35-20+,37-36?. The largest absolute Gasteiger partial charge is 0.528 e. The molecule has 4 rings (SSSR count). The van der Waals surface area contributed by atoms with Crippen molar-refractivity contribution in [1.29, 1.82) is 15.9 Å². The minimum atomic E-state index is -0.153. The van der Waals surface area contributed by atoms with Crippen LogP contribution in [0.5, 0.6) is 0 Å². The second-order valence-corrected chi connectivity index (χ2v) is 10.9. The zero-order chi connectivity index (χ0) is 34.3. The van der Waals surface area contributed by atoms with E-state index in [9.17, 15) is 10.5 Å². The summed E-state index contributed by atoms with van der Waals surface area (Å²) in [6, 6.07) is 22.3. The fourth-order valence-electron chi connectivity index (χ4n) is 5.67. The van der Waals surface area contributed by atoms with E-state index in [1.165, 1.54) is 0 Å². The van der Waals surface area contributed by atoms with Gasteiger partial charge in [-0.2, -0.15) is 15.0 Å². The van der Waals surface area contributed by atoms with Gasteiger partial charge in [-0.15, -0.1) is 0 Å². The van der Waals surface area contributed by atoms with Gasteiger partial charge in [-0.3, -0.25) is 5.41 Å². The quantitative estimate of drug-likeness (QED) is 0.132. The van der Waals surface area contributed by atoms with Gasteiger partial charge in [0.15, 0.2) is 0 Å². The van der Waals surface area contributed by atoms with Gasteiger partial charge < -0.3 is 9.80 Å². The third-order valence-corrected chi connectivity index (χ3v) is 8.02. The molecule has 1 aliphatic carbocycles. The van der Waals surface area contributed by atoms with Crippen molar-refractivity contribution < 1.29 is 0 Å². The molecule has 1 fully saturated rings. The van der Waals surface area contributed by atoms with Crippen molar-refractivity contribution in [2.45, 2.75) is 12.8 Å². The van der Waals surface area contributed by atoms with Crippen LogP contribution in [0.2, 0.25) is 0 Å². The second kappa shape index (κ2) is 17.1. The number of piperazine rings is 1. The molecule has 0 atom stereocenters. The fourth-order valence-corrected chi connectivity index (χ4v) is 5.67. The minimum Gasteiger partial charge on any atom is -0.369 e. The maximum Gasteiger partial charge on any atom is 0.528 e. The van der Waals surface area contributed by atoms with Crippen molar-refractivity contribution in [3.63, 3.8) is 0 Å². The molecule has 1 N–H and O–H groups in total. The van der Waals surface area contributed by atoms with E-state index in [1.807, 2.05) is 66.8 Å². The molecule has 2 aromatic rings. The van der Waals surface area contributed by atoms with E-state index in [4.69, 9.17) is 25.1 Å². The summed E-state index contributed by atoms with van der Waals surface area (Å²) < 4.78 is 0. The predicted octanol–water partition coefficient (Wildman–Crippen LogP) is 8.01. The highest BCUT2D eigenvalue weighted by atomic mass is 15.3. The SMILES string of the molecule is [C-]#[N+]C(C#N)=C(C(=C=N)/C=C/C=C1CCC(/C=C/C=C(\C#N)C(=C([N+]#[C-])[N+]#[C-])c2ccccc2)=C1N1CCN(C)CC1)c1ccccc1. The summed E-state index contributed by atoms with van der Waals surface area (Å²) in [5.41, 5.74) is 5.81. The summed E-state index contributed by atoms with van der Waals surface area (Å²) in [6.45, 7) is 26.1. The Hall–Kier alpha value is -6.72. The average molecular weight is 625 g/mol. The summed E-state index contributed by atoms with van der Waals surface area (Å²) in [6.07, 6.45) is 12.6.